The van der Waals surface area contributed by atoms with E-state index in [1.54, 1.807) is 6.33 Å². The van der Waals surface area contributed by atoms with Gasteiger partial charge in [-0.1, -0.05) is 6.92 Å². The van der Waals surface area contributed by atoms with Crippen LogP contribution >= 0.6 is 0 Å². The van der Waals surface area contributed by atoms with Gasteiger partial charge in [-0.2, -0.15) is 0 Å². The fourth-order valence-corrected chi connectivity index (χ4v) is 1.33. The highest BCUT2D eigenvalue weighted by Gasteiger charge is 2.05. The van der Waals surface area contributed by atoms with Crippen LogP contribution in [0, 0.1) is 0 Å². The summed E-state index contributed by atoms with van der Waals surface area (Å²) < 4.78 is 1.82. The van der Waals surface area contributed by atoms with Crippen molar-refractivity contribution in [2.24, 2.45) is 0 Å². The summed E-state index contributed by atoms with van der Waals surface area (Å²) in [4.78, 5) is 21.9. The van der Waals surface area contributed by atoms with Crippen LogP contribution in [0.5, 0.6) is 0 Å². The molecule has 5 heteroatoms. The molecule has 0 aliphatic heterocycles. The van der Waals surface area contributed by atoms with Crippen LogP contribution < -0.4 is 5.56 Å². The smallest absolute Gasteiger partial charge is 0.276 e. The molecule has 13 heavy (non-hydrogen) atoms. The maximum atomic E-state index is 11.4. The van der Waals surface area contributed by atoms with Gasteiger partial charge in [-0.25, -0.2) is 9.97 Å². The number of aryl methyl sites for hydroxylation is 1. The first-order chi connectivity index (χ1) is 6.33. The van der Waals surface area contributed by atoms with E-state index in [0.717, 1.165) is 13.0 Å². The maximum Gasteiger partial charge on any atom is 0.276 e. The van der Waals surface area contributed by atoms with Crippen LogP contribution in [-0.4, -0.2) is 19.5 Å². The Bertz CT molecular complexity index is 470. The number of nitrogens with one attached hydrogen (secondary N) is 1. The molecule has 0 fully saturated rings. The van der Waals surface area contributed by atoms with Crippen molar-refractivity contribution >= 4 is 11.2 Å². The van der Waals surface area contributed by atoms with Crippen molar-refractivity contribution in [3.05, 3.63) is 23.0 Å². The minimum atomic E-state index is -0.129. The van der Waals surface area contributed by atoms with Crippen molar-refractivity contribution in [2.45, 2.75) is 19.9 Å². The lowest BCUT2D eigenvalue weighted by Crippen LogP contribution is -2.10. The number of aromatic amines is 1. The highest BCUT2D eigenvalue weighted by molar-refractivity contribution is 5.68. The molecular formula is C8H10N4O. The monoisotopic (exact) mass is 178 g/mol. The van der Waals surface area contributed by atoms with E-state index in [2.05, 4.69) is 21.9 Å². The van der Waals surface area contributed by atoms with Crippen LogP contribution in [0.25, 0.3) is 11.2 Å². The maximum absolute atomic E-state index is 11.4. The Kier molecular flexibility index (Phi) is 1.84. The molecule has 0 amide bonds. The van der Waals surface area contributed by atoms with Gasteiger partial charge >= 0.3 is 0 Å². The molecule has 2 aromatic rings. The third kappa shape index (κ3) is 1.22. The predicted molar refractivity (Wildman–Crippen MR) is 48.4 cm³/mol. The Morgan fingerprint density at radius 1 is 1.54 bits per heavy atom. The van der Waals surface area contributed by atoms with Crippen LogP contribution in [0.3, 0.4) is 0 Å². The van der Waals surface area contributed by atoms with Gasteiger partial charge in [-0.05, 0) is 6.42 Å². The summed E-state index contributed by atoms with van der Waals surface area (Å²) in [5, 5.41) is 0. The van der Waals surface area contributed by atoms with E-state index in [0.29, 0.717) is 11.2 Å². The summed E-state index contributed by atoms with van der Waals surface area (Å²) in [5.74, 6) is 0. The normalized spacial score (nSPS) is 10.8. The van der Waals surface area contributed by atoms with E-state index in [9.17, 15) is 4.79 Å². The number of hydrogen-bond donors (Lipinski definition) is 1. The van der Waals surface area contributed by atoms with E-state index in [-0.39, 0.29) is 5.56 Å². The van der Waals surface area contributed by atoms with Crippen LogP contribution in [0.1, 0.15) is 13.3 Å². The lowest BCUT2D eigenvalue weighted by molar-refractivity contribution is 0.694. The first-order valence-corrected chi connectivity index (χ1v) is 4.21. The Hall–Kier alpha value is -1.65. The van der Waals surface area contributed by atoms with Crippen molar-refractivity contribution in [1.29, 1.82) is 0 Å². The summed E-state index contributed by atoms with van der Waals surface area (Å²) >= 11 is 0. The molecule has 2 aromatic heterocycles. The number of aromatic nitrogens is 4. The lowest BCUT2D eigenvalue weighted by Gasteiger charge is -1.98. The number of H-pyrrole nitrogens is 1. The molecule has 0 aliphatic rings. The minimum Gasteiger partial charge on any atom is -0.325 e. The Balaban J connectivity index is 2.71. The molecule has 0 radical (unpaired) electrons. The second-order valence-electron chi connectivity index (χ2n) is 2.84. The third-order valence-corrected chi connectivity index (χ3v) is 1.88. The molecule has 0 spiro atoms. The van der Waals surface area contributed by atoms with Gasteiger partial charge in [-0.3, -0.25) is 4.79 Å². The topological polar surface area (TPSA) is 63.6 Å². The second kappa shape index (κ2) is 3.01. The van der Waals surface area contributed by atoms with Crippen LogP contribution in [0.4, 0.5) is 0 Å². The average molecular weight is 178 g/mol. The highest BCUT2D eigenvalue weighted by atomic mass is 16.1. The standard InChI is InChI=1S/C8H10N4O/c1-2-3-12-5-11-7-6(12)8(13)10-4-9-7/h4-5H,2-3H2,1H3,(H,9,10,13). The molecule has 0 bridgehead atoms. The van der Waals surface area contributed by atoms with E-state index in [1.165, 1.54) is 6.33 Å². The molecule has 0 aliphatic carbocycles. The number of hydrogen-bond acceptors (Lipinski definition) is 3. The van der Waals surface area contributed by atoms with Crippen molar-refractivity contribution in [3.63, 3.8) is 0 Å². The van der Waals surface area contributed by atoms with Gasteiger partial charge in [0.05, 0.1) is 12.7 Å². The molecule has 0 atom stereocenters. The average Bonchev–Trinajstić information content (AvgIpc) is 2.51. The van der Waals surface area contributed by atoms with Gasteiger partial charge < -0.3 is 9.55 Å². The van der Waals surface area contributed by atoms with E-state index in [1.807, 2.05) is 4.57 Å². The number of rotatable bonds is 2. The zero-order valence-corrected chi connectivity index (χ0v) is 7.32. The summed E-state index contributed by atoms with van der Waals surface area (Å²) in [6, 6.07) is 0. The summed E-state index contributed by atoms with van der Waals surface area (Å²) in [5.41, 5.74) is 0.942. The summed E-state index contributed by atoms with van der Waals surface area (Å²) in [6.07, 6.45) is 3.99. The first kappa shape index (κ1) is 7.97. The Labute approximate surface area is 74.4 Å². The fourth-order valence-electron chi connectivity index (χ4n) is 1.33. The number of fused-ring (bicyclic) bond motifs is 1. The van der Waals surface area contributed by atoms with Crippen molar-refractivity contribution in [3.8, 4) is 0 Å². The molecule has 2 heterocycles. The van der Waals surface area contributed by atoms with Crippen LogP contribution in [0.2, 0.25) is 0 Å². The molecule has 1 N–H and O–H groups in total. The zero-order valence-electron chi connectivity index (χ0n) is 7.32. The van der Waals surface area contributed by atoms with Crippen molar-refractivity contribution in [2.75, 3.05) is 0 Å². The quantitative estimate of drug-likeness (QED) is 0.729. The molecule has 0 unspecified atom stereocenters. The highest BCUT2D eigenvalue weighted by Crippen LogP contribution is 2.03. The van der Waals surface area contributed by atoms with Gasteiger partial charge in [-0.15, -0.1) is 0 Å². The van der Waals surface area contributed by atoms with E-state index in [4.69, 9.17) is 0 Å². The fraction of sp³-hybridized carbons (Fsp3) is 0.375. The molecular weight excluding hydrogens is 168 g/mol. The molecule has 0 saturated carbocycles. The van der Waals surface area contributed by atoms with Gasteiger partial charge in [0.25, 0.3) is 5.56 Å². The van der Waals surface area contributed by atoms with E-state index < -0.39 is 0 Å². The van der Waals surface area contributed by atoms with Crippen molar-refractivity contribution in [1.82, 2.24) is 19.5 Å². The molecule has 0 aromatic carbocycles. The largest absolute Gasteiger partial charge is 0.325 e. The zero-order chi connectivity index (χ0) is 9.26. The van der Waals surface area contributed by atoms with Crippen LogP contribution in [0.15, 0.2) is 17.4 Å². The second-order valence-corrected chi connectivity index (χ2v) is 2.84. The van der Waals surface area contributed by atoms with E-state index >= 15 is 0 Å². The minimum absolute atomic E-state index is 0.129. The van der Waals surface area contributed by atoms with Gasteiger partial charge in [0.2, 0.25) is 0 Å². The Morgan fingerprint density at radius 3 is 3.15 bits per heavy atom. The number of nitrogens with zero attached hydrogens (tertiary/aromatic N) is 3. The van der Waals surface area contributed by atoms with Crippen LogP contribution in [-0.2, 0) is 6.54 Å². The third-order valence-electron chi connectivity index (χ3n) is 1.88. The lowest BCUT2D eigenvalue weighted by atomic mass is 10.4. The predicted octanol–water partition coefficient (Wildman–Crippen LogP) is 0.530. The Morgan fingerprint density at radius 2 is 2.38 bits per heavy atom. The van der Waals surface area contributed by atoms with Crippen molar-refractivity contribution < 1.29 is 0 Å². The molecule has 68 valence electrons. The SMILES string of the molecule is CCCn1cnc2nc[nH]c(=O)c21. The molecule has 2 rings (SSSR count). The first-order valence-electron chi connectivity index (χ1n) is 4.21. The molecule has 5 nitrogen and oxygen atoms in total. The number of imidazole rings is 1. The molecule has 0 saturated heterocycles. The summed E-state index contributed by atoms with van der Waals surface area (Å²) in [7, 11) is 0. The van der Waals surface area contributed by atoms with Gasteiger partial charge in [0.15, 0.2) is 11.2 Å². The van der Waals surface area contributed by atoms with Gasteiger partial charge in [0, 0.05) is 6.54 Å². The van der Waals surface area contributed by atoms with Gasteiger partial charge in [0.1, 0.15) is 0 Å². The summed E-state index contributed by atoms with van der Waals surface area (Å²) in [6.45, 7) is 2.85.